The number of alkyl carbamates (subject to hydrolysis) is 1. The molecule has 0 aromatic heterocycles. The van der Waals surface area contributed by atoms with Crippen molar-refractivity contribution in [1.29, 1.82) is 0 Å². The molecule has 1 aliphatic heterocycles. The molecule has 1 fully saturated rings. The van der Waals surface area contributed by atoms with Gasteiger partial charge in [-0.25, -0.2) is 4.79 Å². The van der Waals surface area contributed by atoms with Crippen LogP contribution in [0.1, 0.15) is 39.2 Å². The number of nitrogens with one attached hydrogen (secondary N) is 2. The molecule has 2 amide bonds. The number of esters is 1. The zero-order chi connectivity index (χ0) is 27.4. The first-order valence-electron chi connectivity index (χ1n) is 11.7. The molecule has 0 aliphatic carbocycles. The lowest BCUT2D eigenvalue weighted by molar-refractivity contribution is -0.143. The molecule has 2 rings (SSSR count). The smallest absolute Gasteiger partial charge is 0.408 e. The zero-order valence-corrected chi connectivity index (χ0v) is 22.1. The first kappa shape index (κ1) is 32.8. The van der Waals surface area contributed by atoms with Crippen LogP contribution in [0.4, 0.5) is 4.79 Å². The molecular weight excluding hydrogens is 466 g/mol. The summed E-state index contributed by atoms with van der Waals surface area (Å²) in [6, 6.07) is 9.26. The van der Waals surface area contributed by atoms with Crippen LogP contribution in [-0.4, -0.2) is 81.2 Å². The van der Waals surface area contributed by atoms with Crippen LogP contribution in [0, 0.1) is 0 Å². The van der Waals surface area contributed by atoms with E-state index >= 15 is 0 Å². The molecule has 1 saturated heterocycles. The number of hydrogen-bond donors (Lipinski definition) is 2. The first-order chi connectivity index (χ1) is 17.1. The largest absolute Gasteiger partial charge is 0.460 e. The van der Waals surface area contributed by atoms with Crippen molar-refractivity contribution in [3.63, 3.8) is 0 Å². The van der Waals surface area contributed by atoms with Gasteiger partial charge in [-0.05, 0) is 46.2 Å². The van der Waals surface area contributed by atoms with Crippen molar-refractivity contribution in [1.82, 2.24) is 15.5 Å². The van der Waals surface area contributed by atoms with Crippen molar-refractivity contribution >= 4 is 24.3 Å². The highest BCUT2D eigenvalue weighted by atomic mass is 16.6. The standard InChI is InChI=1S/C12H20N2O4.C10H13NO2.C4H8O/c1-12(2,3)18-11(17)13-7-10(16)14-6-4-5-9(14)8-15;1-11-7-10(12)13-8-9-5-3-2-4-6-9;1-3-4-5-2/h8-9H,4-7H2,1-3H3,(H,13,17);2-6,11H,7-8H2,1H3;3H,1,4H2,2H3. The lowest BCUT2D eigenvalue weighted by Crippen LogP contribution is -2.44. The minimum absolute atomic E-state index is 0.140. The minimum atomic E-state index is -0.627. The molecule has 1 aromatic rings. The Kier molecular flexibility index (Phi) is 17.3. The number of methoxy groups -OCH3 is 1. The number of carbonyl (C=O) groups excluding carboxylic acids is 4. The fourth-order valence-electron chi connectivity index (χ4n) is 2.86. The minimum Gasteiger partial charge on any atom is -0.460 e. The molecule has 0 bridgehead atoms. The summed E-state index contributed by atoms with van der Waals surface area (Å²) in [5.74, 6) is -0.484. The molecule has 36 heavy (non-hydrogen) atoms. The molecule has 0 radical (unpaired) electrons. The highest BCUT2D eigenvalue weighted by Crippen LogP contribution is 2.15. The summed E-state index contributed by atoms with van der Waals surface area (Å²) in [6.45, 7) is 10.4. The van der Waals surface area contributed by atoms with E-state index in [0.717, 1.165) is 18.3 Å². The highest BCUT2D eigenvalue weighted by Gasteiger charge is 2.28. The van der Waals surface area contributed by atoms with Crippen LogP contribution in [0.2, 0.25) is 0 Å². The second-order valence-corrected chi connectivity index (χ2v) is 8.71. The summed E-state index contributed by atoms with van der Waals surface area (Å²) >= 11 is 0. The Balaban J connectivity index is 0.000000593. The number of benzene rings is 1. The Morgan fingerprint density at radius 2 is 1.83 bits per heavy atom. The molecule has 1 heterocycles. The summed E-state index contributed by atoms with van der Waals surface area (Å²) in [4.78, 5) is 46.3. The van der Waals surface area contributed by atoms with E-state index in [1.807, 2.05) is 30.3 Å². The maximum absolute atomic E-state index is 11.8. The average Bonchev–Trinajstić information content (AvgIpc) is 3.32. The van der Waals surface area contributed by atoms with Gasteiger partial charge in [-0.15, -0.1) is 6.58 Å². The van der Waals surface area contributed by atoms with Gasteiger partial charge in [-0.3, -0.25) is 9.59 Å². The van der Waals surface area contributed by atoms with Crippen molar-refractivity contribution in [2.75, 3.05) is 40.4 Å². The van der Waals surface area contributed by atoms with Crippen LogP contribution in [0.15, 0.2) is 43.0 Å². The third-order valence-corrected chi connectivity index (χ3v) is 4.41. The van der Waals surface area contributed by atoms with Crippen molar-refractivity contribution in [3.8, 4) is 0 Å². The molecule has 0 spiro atoms. The Morgan fingerprint density at radius 3 is 2.33 bits per heavy atom. The van der Waals surface area contributed by atoms with Gasteiger partial charge in [-0.1, -0.05) is 36.4 Å². The summed E-state index contributed by atoms with van der Waals surface area (Å²) in [6.07, 6.45) is 3.37. The van der Waals surface area contributed by atoms with Gasteiger partial charge < -0.3 is 34.5 Å². The van der Waals surface area contributed by atoms with Crippen LogP contribution < -0.4 is 10.6 Å². The molecule has 202 valence electrons. The van der Waals surface area contributed by atoms with Gasteiger partial charge in [0.2, 0.25) is 5.91 Å². The molecule has 2 N–H and O–H groups in total. The molecule has 10 nitrogen and oxygen atoms in total. The summed E-state index contributed by atoms with van der Waals surface area (Å²) < 4.78 is 14.6. The molecule has 10 heteroatoms. The van der Waals surface area contributed by atoms with Crippen molar-refractivity contribution in [3.05, 3.63) is 48.6 Å². The fourth-order valence-corrected chi connectivity index (χ4v) is 2.86. The van der Waals surface area contributed by atoms with Crippen molar-refractivity contribution in [2.45, 2.75) is 51.9 Å². The maximum atomic E-state index is 11.8. The number of nitrogens with zero attached hydrogens (tertiary/aromatic N) is 1. The van der Waals surface area contributed by atoms with Crippen LogP contribution in [0.3, 0.4) is 0 Å². The van der Waals surface area contributed by atoms with Gasteiger partial charge in [0.05, 0.1) is 19.2 Å². The monoisotopic (exact) mass is 507 g/mol. The lowest BCUT2D eigenvalue weighted by atomic mass is 10.2. The van der Waals surface area contributed by atoms with E-state index < -0.39 is 11.7 Å². The van der Waals surface area contributed by atoms with Crippen molar-refractivity contribution in [2.24, 2.45) is 0 Å². The Labute approximate surface area is 214 Å². The number of likely N-dealkylation sites (tertiary alicyclic amines) is 1. The summed E-state index contributed by atoms with van der Waals surface area (Å²) in [7, 11) is 3.35. The number of ether oxygens (including phenoxy) is 3. The zero-order valence-electron chi connectivity index (χ0n) is 22.1. The molecular formula is C26H41N3O7. The number of likely N-dealkylation sites (N-methyl/N-ethyl adjacent to an activating group) is 1. The molecule has 0 saturated carbocycles. The average molecular weight is 508 g/mol. The van der Waals surface area contributed by atoms with Gasteiger partial charge in [0.25, 0.3) is 0 Å². The number of hydrogen-bond acceptors (Lipinski definition) is 8. The third kappa shape index (κ3) is 16.4. The van der Waals surface area contributed by atoms with Crippen molar-refractivity contribution < 1.29 is 33.4 Å². The van der Waals surface area contributed by atoms with E-state index in [1.165, 1.54) is 4.90 Å². The van der Waals surface area contributed by atoms with Gasteiger partial charge in [-0.2, -0.15) is 0 Å². The van der Waals surface area contributed by atoms with E-state index in [-0.39, 0.29) is 31.0 Å². The van der Waals surface area contributed by atoms with E-state index in [1.54, 1.807) is 41.0 Å². The SMILES string of the molecule is C=CCOC.CC(C)(C)OC(=O)NCC(=O)N1CCCC1C=O.CNCC(=O)OCc1ccccc1. The maximum Gasteiger partial charge on any atom is 0.408 e. The van der Waals surface area contributed by atoms with Gasteiger partial charge in [0.15, 0.2) is 0 Å². The predicted octanol–water partition coefficient (Wildman–Crippen LogP) is 2.47. The van der Waals surface area contributed by atoms with Crippen LogP contribution in [0.25, 0.3) is 0 Å². The van der Waals surface area contributed by atoms with Gasteiger partial charge in [0, 0.05) is 13.7 Å². The molecule has 1 aromatic carbocycles. The molecule has 1 unspecified atom stereocenters. The number of amides is 2. The van der Waals surface area contributed by atoms with E-state index in [2.05, 4.69) is 21.9 Å². The number of carbonyl (C=O) groups is 4. The van der Waals surface area contributed by atoms with Gasteiger partial charge >= 0.3 is 12.1 Å². The second-order valence-electron chi connectivity index (χ2n) is 8.71. The number of aldehydes is 1. The van der Waals surface area contributed by atoms with E-state index in [0.29, 0.717) is 26.2 Å². The first-order valence-corrected chi connectivity index (χ1v) is 11.7. The molecule has 1 atom stereocenters. The summed E-state index contributed by atoms with van der Waals surface area (Å²) in [5, 5.41) is 5.12. The highest BCUT2D eigenvalue weighted by molar-refractivity contribution is 5.84. The van der Waals surface area contributed by atoms with Gasteiger partial charge in [0.1, 0.15) is 25.0 Å². The number of rotatable bonds is 9. The molecule has 1 aliphatic rings. The van der Waals surface area contributed by atoms with Crippen LogP contribution in [-0.2, 0) is 35.2 Å². The second kappa shape index (κ2) is 19.0. The van der Waals surface area contributed by atoms with Crippen LogP contribution in [0.5, 0.6) is 0 Å². The normalized spacial score (nSPS) is 14.2. The Hall–Kier alpha value is -3.24. The lowest BCUT2D eigenvalue weighted by Gasteiger charge is -2.22. The van der Waals surface area contributed by atoms with E-state index in [9.17, 15) is 19.2 Å². The third-order valence-electron chi connectivity index (χ3n) is 4.41. The topological polar surface area (TPSA) is 123 Å². The predicted molar refractivity (Wildman–Crippen MR) is 137 cm³/mol. The quantitative estimate of drug-likeness (QED) is 0.297. The Morgan fingerprint density at radius 1 is 1.17 bits per heavy atom. The van der Waals surface area contributed by atoms with E-state index in [4.69, 9.17) is 9.47 Å². The summed E-state index contributed by atoms with van der Waals surface area (Å²) in [5.41, 5.74) is 0.415. The van der Waals surface area contributed by atoms with Crippen LogP contribution >= 0.6 is 0 Å². The fraction of sp³-hybridized carbons (Fsp3) is 0.538. The Bertz CT molecular complexity index is 794.